The van der Waals surface area contributed by atoms with Gasteiger partial charge in [-0.05, 0) is 42.5 Å². The summed E-state index contributed by atoms with van der Waals surface area (Å²) >= 11 is 0. The highest BCUT2D eigenvalue weighted by Crippen LogP contribution is 2.32. The van der Waals surface area contributed by atoms with Crippen LogP contribution in [0.1, 0.15) is 5.56 Å². The van der Waals surface area contributed by atoms with Crippen LogP contribution in [0, 0.1) is 11.3 Å². The van der Waals surface area contributed by atoms with Crippen molar-refractivity contribution in [1.29, 1.82) is 5.26 Å². The molecule has 1 N–H and O–H groups in total. The second kappa shape index (κ2) is 10.8. The van der Waals surface area contributed by atoms with E-state index >= 15 is 0 Å². The first-order valence-electron chi connectivity index (χ1n) is 10.6. The lowest BCUT2D eigenvalue weighted by molar-refractivity contribution is -0.123. The highest BCUT2D eigenvalue weighted by Gasteiger charge is 2.16. The lowest BCUT2D eigenvalue weighted by Gasteiger charge is -2.10. The van der Waals surface area contributed by atoms with Gasteiger partial charge in [0.15, 0.2) is 18.1 Å². The zero-order valence-corrected chi connectivity index (χ0v) is 19.1. The number of benzene rings is 2. The Morgan fingerprint density at radius 2 is 1.80 bits per heavy atom. The molecule has 11 heteroatoms. The fraction of sp³-hybridized carbons (Fsp3) is 0.208. The predicted molar refractivity (Wildman–Crippen MR) is 124 cm³/mol. The smallest absolute Gasteiger partial charge is 0.258 e. The summed E-state index contributed by atoms with van der Waals surface area (Å²) in [5.74, 6) is 2.26. The van der Waals surface area contributed by atoms with E-state index in [0.29, 0.717) is 45.7 Å². The number of methoxy groups -OCH3 is 2. The number of amides is 1. The molecule has 178 valence electrons. The number of hydrogen-bond donors (Lipinski definition) is 1. The quantitative estimate of drug-likeness (QED) is 0.344. The third-order valence-electron chi connectivity index (χ3n) is 4.92. The number of ether oxygens (including phenoxy) is 4. The number of nitrogens with zero attached hydrogens (tertiary/aromatic N) is 5. The molecule has 2 aromatic carbocycles. The predicted octanol–water partition coefficient (Wildman–Crippen LogP) is 2.25. The Balaban J connectivity index is 1.33. The Labute approximate surface area is 200 Å². The molecule has 0 saturated carbocycles. The van der Waals surface area contributed by atoms with Crippen molar-refractivity contribution in [1.82, 2.24) is 25.1 Å². The number of rotatable bonds is 10. The maximum absolute atomic E-state index is 12.0. The van der Waals surface area contributed by atoms with Crippen LogP contribution in [-0.2, 0) is 4.79 Å². The minimum atomic E-state index is -0.297. The van der Waals surface area contributed by atoms with Crippen molar-refractivity contribution >= 4 is 11.6 Å². The Morgan fingerprint density at radius 3 is 2.54 bits per heavy atom. The molecule has 0 fully saturated rings. The summed E-state index contributed by atoms with van der Waals surface area (Å²) in [6.45, 7) is 0.310. The third kappa shape index (κ3) is 5.56. The molecule has 0 aliphatic carbocycles. The van der Waals surface area contributed by atoms with Gasteiger partial charge in [-0.3, -0.25) is 4.79 Å². The van der Waals surface area contributed by atoms with Gasteiger partial charge in [-0.25, -0.2) is 0 Å². The molecule has 0 unspecified atom stereocenters. The highest BCUT2D eigenvalue weighted by atomic mass is 16.5. The second-order valence-electron chi connectivity index (χ2n) is 7.15. The molecule has 4 aromatic rings. The van der Waals surface area contributed by atoms with Gasteiger partial charge in [0.2, 0.25) is 5.88 Å². The van der Waals surface area contributed by atoms with E-state index in [-0.39, 0.29) is 25.7 Å². The Bertz CT molecular complexity index is 1360. The van der Waals surface area contributed by atoms with Crippen LogP contribution >= 0.6 is 0 Å². The number of hydrogen-bond acceptors (Lipinski definition) is 9. The Morgan fingerprint density at radius 1 is 1.00 bits per heavy atom. The molecule has 0 radical (unpaired) electrons. The fourth-order valence-electron chi connectivity index (χ4n) is 3.17. The van der Waals surface area contributed by atoms with E-state index in [1.807, 2.05) is 12.1 Å². The maximum atomic E-state index is 12.0. The van der Waals surface area contributed by atoms with Crippen molar-refractivity contribution in [2.24, 2.45) is 0 Å². The molecule has 0 atom stereocenters. The van der Waals surface area contributed by atoms with Gasteiger partial charge < -0.3 is 24.3 Å². The number of nitrogens with one attached hydrogen (secondary N) is 1. The molecular formula is C24H22N6O5. The zero-order chi connectivity index (χ0) is 24.6. The topological polar surface area (TPSA) is 133 Å². The molecule has 2 aromatic heterocycles. The van der Waals surface area contributed by atoms with Crippen molar-refractivity contribution in [3.05, 3.63) is 60.2 Å². The number of fused-ring (bicyclic) bond motifs is 1. The van der Waals surface area contributed by atoms with Crippen molar-refractivity contribution in [2.75, 3.05) is 34.0 Å². The van der Waals surface area contributed by atoms with E-state index in [1.165, 1.54) is 0 Å². The number of carbonyl (C=O) groups excluding carboxylic acids is 1. The van der Waals surface area contributed by atoms with Crippen LogP contribution in [0.5, 0.6) is 23.1 Å². The lowest BCUT2D eigenvalue weighted by atomic mass is 10.2. The molecule has 1 amide bonds. The van der Waals surface area contributed by atoms with Gasteiger partial charge in [0, 0.05) is 12.1 Å². The van der Waals surface area contributed by atoms with E-state index in [1.54, 1.807) is 67.3 Å². The van der Waals surface area contributed by atoms with Gasteiger partial charge in [-0.1, -0.05) is 0 Å². The van der Waals surface area contributed by atoms with Gasteiger partial charge in [0.1, 0.15) is 23.9 Å². The SMILES string of the molecule is COc1ccc(-c2nnc3ccc(OCCNC(=O)COc4ccc(C#N)cc4)nn23)c(OC)c1. The van der Waals surface area contributed by atoms with E-state index in [9.17, 15) is 4.79 Å². The van der Waals surface area contributed by atoms with Crippen LogP contribution < -0.4 is 24.3 Å². The lowest BCUT2D eigenvalue weighted by Crippen LogP contribution is -2.32. The molecule has 0 spiro atoms. The molecule has 2 heterocycles. The van der Waals surface area contributed by atoms with Gasteiger partial charge in [-0.15, -0.1) is 15.3 Å². The summed E-state index contributed by atoms with van der Waals surface area (Å²) in [5, 5.41) is 24.4. The molecule has 0 aliphatic rings. The molecule has 0 bridgehead atoms. The monoisotopic (exact) mass is 474 g/mol. The first kappa shape index (κ1) is 23.3. The Hall–Kier alpha value is -4.85. The molecule has 11 nitrogen and oxygen atoms in total. The first-order valence-corrected chi connectivity index (χ1v) is 10.6. The van der Waals surface area contributed by atoms with Gasteiger partial charge in [0.05, 0.1) is 38.0 Å². The van der Waals surface area contributed by atoms with E-state index in [2.05, 4.69) is 20.6 Å². The average Bonchev–Trinajstić information content (AvgIpc) is 3.32. The summed E-state index contributed by atoms with van der Waals surface area (Å²) in [5.41, 5.74) is 1.76. The van der Waals surface area contributed by atoms with Crippen molar-refractivity contribution < 1.29 is 23.7 Å². The number of nitriles is 1. The standard InChI is InChI=1S/C24H22N6O5/c1-32-18-7-8-19(20(13-18)33-2)24-28-27-21-9-10-23(29-30(21)24)34-12-11-26-22(31)15-35-17-5-3-16(14-25)4-6-17/h3-10,13H,11-12,15H2,1-2H3,(H,26,31). The van der Waals surface area contributed by atoms with Crippen LogP contribution in [0.25, 0.3) is 17.0 Å². The highest BCUT2D eigenvalue weighted by molar-refractivity contribution is 5.77. The second-order valence-corrected chi connectivity index (χ2v) is 7.15. The van der Waals surface area contributed by atoms with Gasteiger partial charge >= 0.3 is 0 Å². The summed E-state index contributed by atoms with van der Waals surface area (Å²) in [6, 6.07) is 17.3. The number of aromatic nitrogens is 4. The summed E-state index contributed by atoms with van der Waals surface area (Å²) in [7, 11) is 3.14. The summed E-state index contributed by atoms with van der Waals surface area (Å²) in [4.78, 5) is 12.0. The average molecular weight is 474 g/mol. The molecule has 4 rings (SSSR count). The number of carbonyl (C=O) groups is 1. The fourth-order valence-corrected chi connectivity index (χ4v) is 3.17. The molecule has 0 aliphatic heterocycles. The molecule has 35 heavy (non-hydrogen) atoms. The molecular weight excluding hydrogens is 452 g/mol. The van der Waals surface area contributed by atoms with Gasteiger partial charge in [0.25, 0.3) is 5.91 Å². The van der Waals surface area contributed by atoms with Crippen molar-refractivity contribution in [3.63, 3.8) is 0 Å². The maximum Gasteiger partial charge on any atom is 0.258 e. The largest absolute Gasteiger partial charge is 0.497 e. The van der Waals surface area contributed by atoms with Gasteiger partial charge in [-0.2, -0.15) is 9.78 Å². The van der Waals surface area contributed by atoms with Crippen LogP contribution in [0.2, 0.25) is 0 Å². The summed E-state index contributed by atoms with van der Waals surface area (Å²) < 4.78 is 23.4. The zero-order valence-electron chi connectivity index (χ0n) is 19.1. The van der Waals surface area contributed by atoms with E-state index < -0.39 is 0 Å². The van der Waals surface area contributed by atoms with E-state index in [0.717, 1.165) is 0 Å². The van der Waals surface area contributed by atoms with Crippen molar-refractivity contribution in [2.45, 2.75) is 0 Å². The van der Waals surface area contributed by atoms with Crippen LogP contribution in [0.15, 0.2) is 54.6 Å². The minimum absolute atomic E-state index is 0.149. The minimum Gasteiger partial charge on any atom is -0.497 e. The first-order chi connectivity index (χ1) is 17.1. The van der Waals surface area contributed by atoms with Crippen LogP contribution in [0.4, 0.5) is 0 Å². The van der Waals surface area contributed by atoms with Crippen LogP contribution in [-0.4, -0.2) is 59.7 Å². The van der Waals surface area contributed by atoms with Crippen molar-refractivity contribution in [3.8, 4) is 40.6 Å². The van der Waals surface area contributed by atoms with Crippen LogP contribution in [0.3, 0.4) is 0 Å². The normalized spacial score (nSPS) is 10.4. The third-order valence-corrected chi connectivity index (χ3v) is 4.92. The Kier molecular flexibility index (Phi) is 7.22. The van der Waals surface area contributed by atoms with E-state index in [4.69, 9.17) is 24.2 Å². The summed E-state index contributed by atoms with van der Waals surface area (Å²) in [6.07, 6.45) is 0. The molecule has 0 saturated heterocycles.